The molecule has 33 heavy (non-hydrogen) atoms. The molecule has 1 N–H and O–H groups in total. The molecule has 0 atom stereocenters. The lowest BCUT2D eigenvalue weighted by molar-refractivity contribution is 0.0104. The summed E-state index contributed by atoms with van der Waals surface area (Å²) in [4.78, 5) is 30.5. The van der Waals surface area contributed by atoms with Crippen LogP contribution in [0.5, 0.6) is 11.8 Å². The molecule has 1 fully saturated rings. The minimum atomic E-state index is -0.762. The zero-order valence-corrected chi connectivity index (χ0v) is 18.2. The number of nitrogens with zero attached hydrogens (tertiary/aromatic N) is 5. The van der Waals surface area contributed by atoms with Gasteiger partial charge in [-0.2, -0.15) is 0 Å². The zero-order valence-electron chi connectivity index (χ0n) is 18.2. The first-order valence-corrected chi connectivity index (χ1v) is 10.2. The Kier molecular flexibility index (Phi) is 6.03. The molecule has 0 bridgehead atoms. The number of rotatable bonds is 5. The lowest BCUT2D eigenvalue weighted by Crippen LogP contribution is -2.58. The van der Waals surface area contributed by atoms with Crippen LogP contribution in [0.15, 0.2) is 43.0 Å². The van der Waals surface area contributed by atoms with Crippen LogP contribution in [-0.2, 0) is 4.74 Å². The molecule has 1 aliphatic rings. The minimum Gasteiger partial charge on any atom is -0.444 e. The molecule has 0 saturated carbocycles. The van der Waals surface area contributed by atoms with Crippen LogP contribution in [0.1, 0.15) is 20.8 Å². The van der Waals surface area contributed by atoms with Crippen LogP contribution in [0.3, 0.4) is 0 Å². The molecule has 3 aromatic rings. The summed E-state index contributed by atoms with van der Waals surface area (Å²) in [5.41, 5.74) is 0.561. The van der Waals surface area contributed by atoms with Gasteiger partial charge in [0.15, 0.2) is 0 Å². The Morgan fingerprint density at radius 2 is 1.73 bits per heavy atom. The first-order valence-electron chi connectivity index (χ1n) is 10.2. The fraction of sp³-hybridized carbons (Fsp3) is 0.318. The van der Waals surface area contributed by atoms with Crippen molar-refractivity contribution < 1.29 is 23.0 Å². The molecule has 1 amide bonds. The van der Waals surface area contributed by atoms with E-state index in [9.17, 15) is 13.6 Å². The van der Waals surface area contributed by atoms with Gasteiger partial charge in [0, 0.05) is 49.2 Å². The molecular weight excluding hydrogens is 434 g/mol. The zero-order chi connectivity index (χ0) is 23.6. The summed E-state index contributed by atoms with van der Waals surface area (Å²) in [6.07, 6.45) is 5.73. The van der Waals surface area contributed by atoms with Crippen molar-refractivity contribution in [1.29, 1.82) is 0 Å². The van der Waals surface area contributed by atoms with E-state index in [4.69, 9.17) is 9.47 Å². The van der Waals surface area contributed by atoms with Crippen molar-refractivity contribution in [2.75, 3.05) is 18.4 Å². The maximum absolute atomic E-state index is 13.3. The third-order valence-corrected chi connectivity index (χ3v) is 4.49. The quantitative estimate of drug-likeness (QED) is 0.614. The first-order chi connectivity index (χ1) is 15.6. The largest absolute Gasteiger partial charge is 0.444 e. The van der Waals surface area contributed by atoms with Gasteiger partial charge in [-0.25, -0.2) is 28.5 Å². The van der Waals surface area contributed by atoms with Crippen LogP contribution in [0.4, 0.5) is 19.4 Å². The highest BCUT2D eigenvalue weighted by Gasteiger charge is 2.33. The monoisotopic (exact) mass is 456 g/mol. The third-order valence-electron chi connectivity index (χ3n) is 4.49. The number of halogens is 2. The number of hydrogen-bond donors (Lipinski definition) is 1. The highest BCUT2D eigenvalue weighted by atomic mass is 19.1. The molecule has 0 unspecified atom stereocenters. The lowest BCUT2D eigenvalue weighted by atomic mass is 10.1. The van der Waals surface area contributed by atoms with Gasteiger partial charge in [0.05, 0.1) is 24.1 Å². The molecule has 11 heteroatoms. The van der Waals surface area contributed by atoms with E-state index in [1.807, 2.05) is 20.8 Å². The fourth-order valence-corrected chi connectivity index (χ4v) is 3.02. The summed E-state index contributed by atoms with van der Waals surface area (Å²) < 4.78 is 37.2. The Morgan fingerprint density at radius 3 is 2.36 bits per heavy atom. The van der Waals surface area contributed by atoms with Crippen LogP contribution in [0.2, 0.25) is 0 Å². The van der Waals surface area contributed by atoms with Crippen molar-refractivity contribution in [3.63, 3.8) is 0 Å². The summed E-state index contributed by atoms with van der Waals surface area (Å²) >= 11 is 0. The van der Waals surface area contributed by atoms with E-state index in [1.165, 1.54) is 12.4 Å². The predicted octanol–water partition coefficient (Wildman–Crippen LogP) is 4.04. The standard InChI is InChI=1S/C22H22F2N6O3/c1-22(2,3)33-21(31)30-11-16(12-30)28-19-10-25-9-18(29-19)13-7-26-20(27-8-13)32-17-5-14(23)4-15(24)6-17/h4-10,16H,11-12H2,1-3H3,(H,28,29). The number of likely N-dealkylation sites (tertiary alicyclic amines) is 1. The van der Waals surface area contributed by atoms with Gasteiger partial charge in [-0.15, -0.1) is 0 Å². The summed E-state index contributed by atoms with van der Waals surface area (Å²) in [6, 6.07) is 2.77. The second kappa shape index (κ2) is 8.93. The molecule has 0 radical (unpaired) electrons. The van der Waals surface area contributed by atoms with Gasteiger partial charge in [0.2, 0.25) is 0 Å². The van der Waals surface area contributed by atoms with Crippen LogP contribution in [0.25, 0.3) is 11.3 Å². The van der Waals surface area contributed by atoms with E-state index >= 15 is 0 Å². The summed E-state index contributed by atoms with van der Waals surface area (Å²) in [7, 11) is 0. The van der Waals surface area contributed by atoms with Gasteiger partial charge in [-0.3, -0.25) is 4.98 Å². The van der Waals surface area contributed by atoms with Crippen molar-refractivity contribution in [2.45, 2.75) is 32.4 Å². The molecule has 1 aromatic carbocycles. The molecule has 9 nitrogen and oxygen atoms in total. The number of nitrogens with one attached hydrogen (secondary N) is 1. The maximum Gasteiger partial charge on any atom is 0.410 e. The van der Waals surface area contributed by atoms with Gasteiger partial charge in [0.25, 0.3) is 0 Å². The van der Waals surface area contributed by atoms with Crippen molar-refractivity contribution in [3.8, 4) is 23.0 Å². The summed E-state index contributed by atoms with van der Waals surface area (Å²) in [6.45, 7) is 6.47. The molecule has 3 heterocycles. The van der Waals surface area contributed by atoms with Gasteiger partial charge >= 0.3 is 12.1 Å². The molecule has 1 aliphatic heterocycles. The average molecular weight is 456 g/mol. The van der Waals surface area contributed by atoms with Crippen molar-refractivity contribution >= 4 is 11.9 Å². The number of hydrogen-bond acceptors (Lipinski definition) is 8. The van der Waals surface area contributed by atoms with Crippen LogP contribution < -0.4 is 10.1 Å². The van der Waals surface area contributed by atoms with Gasteiger partial charge in [0.1, 0.15) is 28.8 Å². The van der Waals surface area contributed by atoms with Crippen LogP contribution >= 0.6 is 0 Å². The SMILES string of the molecule is CC(C)(C)OC(=O)N1CC(Nc2cncc(-c3cnc(Oc4cc(F)cc(F)c4)nc3)n2)C1. The molecule has 4 rings (SSSR count). The Hall–Kier alpha value is -3.89. The normalized spacial score (nSPS) is 13.9. The third kappa shape index (κ3) is 5.88. The predicted molar refractivity (Wildman–Crippen MR) is 115 cm³/mol. The molecule has 1 saturated heterocycles. The highest BCUT2D eigenvalue weighted by molar-refractivity contribution is 5.69. The fourth-order valence-electron chi connectivity index (χ4n) is 3.02. The van der Waals surface area contributed by atoms with Gasteiger partial charge in [-0.05, 0) is 20.8 Å². The van der Waals surface area contributed by atoms with E-state index in [1.54, 1.807) is 17.3 Å². The van der Waals surface area contributed by atoms with Crippen LogP contribution in [-0.4, -0.2) is 55.7 Å². The second-order valence-electron chi connectivity index (χ2n) is 8.48. The van der Waals surface area contributed by atoms with Gasteiger partial charge in [-0.1, -0.05) is 0 Å². The smallest absolute Gasteiger partial charge is 0.410 e. The molecule has 0 aliphatic carbocycles. The number of carbonyl (C=O) groups excluding carboxylic acids is 1. The Labute approximate surface area is 188 Å². The molecule has 2 aromatic heterocycles. The van der Waals surface area contributed by atoms with E-state index in [0.29, 0.717) is 30.2 Å². The van der Waals surface area contributed by atoms with E-state index in [0.717, 1.165) is 18.2 Å². The topological polar surface area (TPSA) is 102 Å². The van der Waals surface area contributed by atoms with Crippen LogP contribution in [0, 0.1) is 11.6 Å². The average Bonchev–Trinajstić information content (AvgIpc) is 2.69. The number of carbonyl (C=O) groups is 1. The summed E-state index contributed by atoms with van der Waals surface area (Å²) in [5.74, 6) is -1.03. The van der Waals surface area contributed by atoms with Gasteiger partial charge < -0.3 is 19.7 Å². The first kappa shape index (κ1) is 22.3. The number of ether oxygens (including phenoxy) is 2. The maximum atomic E-state index is 13.3. The van der Waals surface area contributed by atoms with E-state index < -0.39 is 17.2 Å². The molecule has 172 valence electrons. The molecular formula is C22H22F2N6O3. The number of aromatic nitrogens is 4. The highest BCUT2D eigenvalue weighted by Crippen LogP contribution is 2.23. The number of amides is 1. The Morgan fingerprint density at radius 1 is 1.06 bits per heavy atom. The van der Waals surface area contributed by atoms with E-state index in [-0.39, 0.29) is 23.9 Å². The van der Waals surface area contributed by atoms with E-state index in [2.05, 4.69) is 25.3 Å². The molecule has 0 spiro atoms. The van der Waals surface area contributed by atoms with Crippen molar-refractivity contribution in [3.05, 3.63) is 54.6 Å². The second-order valence-corrected chi connectivity index (χ2v) is 8.48. The Balaban J connectivity index is 1.36. The Bertz CT molecular complexity index is 1130. The number of anilines is 1. The number of benzene rings is 1. The van der Waals surface area contributed by atoms with Crippen molar-refractivity contribution in [2.24, 2.45) is 0 Å². The lowest BCUT2D eigenvalue weighted by Gasteiger charge is -2.40. The van der Waals surface area contributed by atoms with Crippen molar-refractivity contribution in [1.82, 2.24) is 24.8 Å². The minimum absolute atomic E-state index is 0.0285. The summed E-state index contributed by atoms with van der Waals surface area (Å²) in [5, 5.41) is 3.23.